The van der Waals surface area contributed by atoms with Crippen molar-refractivity contribution in [2.45, 2.75) is 77.1 Å². The standard InChI is InChI=1S/C18H35NO4SSi/c1-9-22-10-11-24-16(12(2)20)15-14(17(21)19-15)13(3)23-25(7,8)18(4,5)6/h13-16H,9-11H2,1-8H3,(H,19,21)/t13-,14+,15+,16?/m0/s1. The van der Waals surface area contributed by atoms with Crippen molar-refractivity contribution in [1.82, 2.24) is 5.32 Å². The molecule has 1 rings (SSSR count). The van der Waals surface area contributed by atoms with E-state index in [-0.39, 0.29) is 40.0 Å². The van der Waals surface area contributed by atoms with E-state index in [0.717, 1.165) is 5.75 Å². The predicted octanol–water partition coefficient (Wildman–Crippen LogP) is 3.24. The van der Waals surface area contributed by atoms with Gasteiger partial charge >= 0.3 is 0 Å². The van der Waals surface area contributed by atoms with Gasteiger partial charge in [-0.1, -0.05) is 20.8 Å². The number of hydrogen-bond donors (Lipinski definition) is 1. The Kier molecular flexibility index (Phi) is 8.18. The van der Waals surface area contributed by atoms with Gasteiger partial charge in [0, 0.05) is 12.4 Å². The van der Waals surface area contributed by atoms with Crippen molar-refractivity contribution in [3.8, 4) is 0 Å². The Morgan fingerprint density at radius 3 is 2.40 bits per heavy atom. The molecular formula is C18H35NO4SSi. The molecule has 1 unspecified atom stereocenters. The largest absolute Gasteiger partial charge is 0.413 e. The van der Waals surface area contributed by atoms with Crippen LogP contribution in [-0.2, 0) is 18.8 Å². The maximum absolute atomic E-state index is 12.2. The fourth-order valence-electron chi connectivity index (χ4n) is 2.75. The number of thioether (sulfide) groups is 1. The maximum Gasteiger partial charge on any atom is 0.228 e. The number of hydrogen-bond acceptors (Lipinski definition) is 5. The van der Waals surface area contributed by atoms with Gasteiger partial charge in [0.05, 0.1) is 29.9 Å². The zero-order valence-electron chi connectivity index (χ0n) is 17.0. The normalized spacial score (nSPS) is 23.6. The topological polar surface area (TPSA) is 64.6 Å². The van der Waals surface area contributed by atoms with E-state index in [0.29, 0.717) is 13.2 Å². The summed E-state index contributed by atoms with van der Waals surface area (Å²) in [5.74, 6) is 0.570. The van der Waals surface area contributed by atoms with Gasteiger partial charge in [0.1, 0.15) is 5.78 Å². The first-order chi connectivity index (χ1) is 11.4. The number of ether oxygens (including phenoxy) is 1. The number of β-lactam (4-membered cyclic amide) rings is 1. The third-order valence-electron chi connectivity index (χ3n) is 5.25. The van der Waals surface area contributed by atoms with E-state index in [4.69, 9.17) is 9.16 Å². The average molecular weight is 390 g/mol. The minimum absolute atomic E-state index is 0.00660. The first kappa shape index (κ1) is 22.7. The Labute approximate surface area is 158 Å². The van der Waals surface area contributed by atoms with Crippen LogP contribution < -0.4 is 5.32 Å². The Morgan fingerprint density at radius 2 is 1.96 bits per heavy atom. The van der Waals surface area contributed by atoms with E-state index in [2.05, 4.69) is 39.2 Å². The second-order valence-electron chi connectivity index (χ2n) is 8.24. The Bertz CT molecular complexity index is 478. The molecule has 1 N–H and O–H groups in total. The average Bonchev–Trinajstić information content (AvgIpc) is 2.43. The number of rotatable bonds is 10. The highest BCUT2D eigenvalue weighted by molar-refractivity contribution is 8.00. The SMILES string of the molecule is CCOCCSC(C(C)=O)[C@@H]1NC(=O)[C@@H]1[C@H](C)O[Si](C)(C)C(C)(C)C. The van der Waals surface area contributed by atoms with Crippen molar-refractivity contribution in [1.29, 1.82) is 0 Å². The van der Waals surface area contributed by atoms with Crippen LogP contribution in [0.3, 0.4) is 0 Å². The molecule has 0 aromatic heterocycles. The summed E-state index contributed by atoms with van der Waals surface area (Å²) in [5.41, 5.74) is 0. The van der Waals surface area contributed by atoms with Gasteiger partial charge in [-0.05, 0) is 38.9 Å². The van der Waals surface area contributed by atoms with Gasteiger partial charge in [0.15, 0.2) is 8.32 Å². The molecule has 1 amide bonds. The summed E-state index contributed by atoms with van der Waals surface area (Å²) in [6, 6.07) is -0.156. The Balaban J connectivity index is 2.77. The van der Waals surface area contributed by atoms with Crippen LogP contribution in [0.5, 0.6) is 0 Å². The van der Waals surface area contributed by atoms with Crippen LogP contribution in [-0.4, -0.2) is 56.4 Å². The lowest BCUT2D eigenvalue weighted by atomic mass is 9.83. The lowest BCUT2D eigenvalue weighted by Crippen LogP contribution is -2.68. The van der Waals surface area contributed by atoms with Crippen molar-refractivity contribution >= 4 is 31.8 Å². The number of carbonyl (C=O) groups is 2. The molecule has 1 fully saturated rings. The zero-order valence-corrected chi connectivity index (χ0v) is 18.8. The second-order valence-corrected chi connectivity index (χ2v) is 14.2. The van der Waals surface area contributed by atoms with Gasteiger partial charge in [-0.25, -0.2) is 0 Å². The zero-order chi connectivity index (χ0) is 19.4. The molecule has 5 nitrogen and oxygen atoms in total. The van der Waals surface area contributed by atoms with Crippen LogP contribution in [0.15, 0.2) is 0 Å². The van der Waals surface area contributed by atoms with Crippen molar-refractivity contribution in [3.63, 3.8) is 0 Å². The van der Waals surface area contributed by atoms with E-state index in [1.54, 1.807) is 18.7 Å². The summed E-state index contributed by atoms with van der Waals surface area (Å²) < 4.78 is 11.8. The Morgan fingerprint density at radius 1 is 1.36 bits per heavy atom. The van der Waals surface area contributed by atoms with E-state index in [1.165, 1.54) is 0 Å². The molecule has 0 aliphatic carbocycles. The lowest BCUT2D eigenvalue weighted by Gasteiger charge is -2.47. The first-order valence-electron chi connectivity index (χ1n) is 9.10. The van der Waals surface area contributed by atoms with Crippen LogP contribution in [0, 0.1) is 5.92 Å². The molecule has 1 saturated heterocycles. The Hall–Kier alpha value is -0.373. The third-order valence-corrected chi connectivity index (χ3v) is 11.2. The van der Waals surface area contributed by atoms with Gasteiger partial charge in [0.25, 0.3) is 0 Å². The predicted molar refractivity (Wildman–Crippen MR) is 107 cm³/mol. The monoisotopic (exact) mass is 389 g/mol. The molecule has 7 heteroatoms. The number of amides is 1. The summed E-state index contributed by atoms with van der Waals surface area (Å²) >= 11 is 1.57. The van der Waals surface area contributed by atoms with Crippen LogP contribution in [0.25, 0.3) is 0 Å². The molecule has 0 bridgehead atoms. The van der Waals surface area contributed by atoms with Crippen LogP contribution in [0.1, 0.15) is 41.5 Å². The van der Waals surface area contributed by atoms with Gasteiger partial charge in [-0.15, -0.1) is 11.8 Å². The number of ketones is 1. The summed E-state index contributed by atoms with van der Waals surface area (Å²) in [4.78, 5) is 24.3. The fourth-order valence-corrected chi connectivity index (χ4v) is 5.33. The molecular weight excluding hydrogens is 354 g/mol. The summed E-state index contributed by atoms with van der Waals surface area (Å²) in [6.45, 7) is 17.7. The summed E-state index contributed by atoms with van der Waals surface area (Å²) in [5, 5.41) is 2.78. The van der Waals surface area contributed by atoms with Crippen molar-refractivity contribution < 1.29 is 18.8 Å². The molecule has 0 radical (unpaired) electrons. The van der Waals surface area contributed by atoms with E-state index < -0.39 is 8.32 Å². The maximum atomic E-state index is 12.2. The quantitative estimate of drug-likeness (QED) is 0.353. The fraction of sp³-hybridized carbons (Fsp3) is 0.889. The lowest BCUT2D eigenvalue weighted by molar-refractivity contribution is -0.140. The highest BCUT2D eigenvalue weighted by atomic mass is 32.2. The molecule has 4 atom stereocenters. The minimum atomic E-state index is -1.96. The molecule has 146 valence electrons. The van der Waals surface area contributed by atoms with Crippen LogP contribution in [0.4, 0.5) is 0 Å². The van der Waals surface area contributed by atoms with E-state index in [1.807, 2.05) is 13.8 Å². The van der Waals surface area contributed by atoms with Gasteiger partial charge in [-0.2, -0.15) is 0 Å². The minimum Gasteiger partial charge on any atom is -0.413 e. The molecule has 1 heterocycles. The highest BCUT2D eigenvalue weighted by Gasteiger charge is 2.51. The molecule has 0 spiro atoms. The number of nitrogens with one attached hydrogen (secondary N) is 1. The summed E-state index contributed by atoms with van der Waals surface area (Å²) in [7, 11) is -1.96. The van der Waals surface area contributed by atoms with E-state index in [9.17, 15) is 9.59 Å². The summed E-state index contributed by atoms with van der Waals surface area (Å²) in [6.07, 6.45) is -0.186. The smallest absolute Gasteiger partial charge is 0.228 e. The van der Waals surface area contributed by atoms with E-state index >= 15 is 0 Å². The molecule has 0 aromatic rings. The van der Waals surface area contributed by atoms with Gasteiger partial charge < -0.3 is 14.5 Å². The van der Waals surface area contributed by atoms with Crippen molar-refractivity contribution in [3.05, 3.63) is 0 Å². The first-order valence-corrected chi connectivity index (χ1v) is 13.1. The molecule has 1 aliphatic heterocycles. The van der Waals surface area contributed by atoms with Gasteiger partial charge in [0.2, 0.25) is 5.91 Å². The molecule has 25 heavy (non-hydrogen) atoms. The van der Waals surface area contributed by atoms with Crippen molar-refractivity contribution in [2.75, 3.05) is 19.0 Å². The number of carbonyl (C=O) groups excluding carboxylic acids is 2. The number of Topliss-reactive ketones (excluding diaryl/α,β-unsaturated/α-hetero) is 1. The van der Waals surface area contributed by atoms with Crippen LogP contribution in [0.2, 0.25) is 18.1 Å². The van der Waals surface area contributed by atoms with Crippen LogP contribution >= 0.6 is 11.8 Å². The third kappa shape index (κ3) is 5.81. The highest BCUT2D eigenvalue weighted by Crippen LogP contribution is 2.40. The van der Waals surface area contributed by atoms with Gasteiger partial charge in [-0.3, -0.25) is 9.59 Å². The molecule has 1 aliphatic rings. The molecule has 0 saturated carbocycles. The molecule has 0 aromatic carbocycles. The second kappa shape index (κ2) is 9.02. The van der Waals surface area contributed by atoms with Crippen molar-refractivity contribution in [2.24, 2.45) is 5.92 Å².